The minimum atomic E-state index is 0. The van der Waals surface area contributed by atoms with E-state index in [9.17, 15) is 0 Å². The van der Waals surface area contributed by atoms with E-state index >= 15 is 0 Å². The SMILES string of the molecule is CCCCCCCCCCCCc1ccc(OC)c(CN(Cc2ccccn2)Cc2ccccn2)c1.[Zn+2]. The van der Waals surface area contributed by atoms with Crippen LogP contribution in [-0.2, 0) is 45.5 Å². The van der Waals surface area contributed by atoms with Crippen LogP contribution < -0.4 is 4.74 Å². The number of hydrogen-bond acceptors (Lipinski definition) is 4. The Morgan fingerprint density at radius 3 is 1.76 bits per heavy atom. The molecule has 0 saturated carbocycles. The molecule has 0 saturated heterocycles. The van der Waals surface area contributed by atoms with Gasteiger partial charge in [0.05, 0.1) is 18.5 Å². The molecule has 0 aliphatic rings. The van der Waals surface area contributed by atoms with E-state index in [-0.39, 0.29) is 19.5 Å². The normalized spacial score (nSPS) is 10.9. The second kappa shape index (κ2) is 19.0. The summed E-state index contributed by atoms with van der Waals surface area (Å²) in [6, 6.07) is 18.9. The number of methoxy groups -OCH3 is 1. The molecule has 3 rings (SSSR count). The number of rotatable bonds is 18. The van der Waals surface area contributed by atoms with Crippen LogP contribution in [-0.4, -0.2) is 22.0 Å². The minimum absolute atomic E-state index is 0. The Balaban J connectivity index is 0.00000481. The molecule has 2 heterocycles. The van der Waals surface area contributed by atoms with Crippen LogP contribution in [0.4, 0.5) is 0 Å². The Labute approximate surface area is 238 Å². The fourth-order valence-corrected chi connectivity index (χ4v) is 4.78. The van der Waals surface area contributed by atoms with E-state index in [0.717, 1.165) is 43.2 Å². The van der Waals surface area contributed by atoms with Gasteiger partial charge in [-0.2, -0.15) is 0 Å². The third-order valence-electron chi connectivity index (χ3n) is 6.78. The van der Waals surface area contributed by atoms with Gasteiger partial charge in [-0.25, -0.2) is 0 Å². The fraction of sp³-hybridized carbons (Fsp3) is 0.500. The van der Waals surface area contributed by atoms with Crippen LogP contribution in [0, 0.1) is 0 Å². The van der Waals surface area contributed by atoms with Gasteiger partial charge >= 0.3 is 19.5 Å². The summed E-state index contributed by atoms with van der Waals surface area (Å²) >= 11 is 0. The largest absolute Gasteiger partial charge is 2.00 e. The zero-order valence-electron chi connectivity index (χ0n) is 23.2. The first-order valence-corrected chi connectivity index (χ1v) is 14.0. The number of aryl methyl sites for hydroxylation is 1. The van der Waals surface area contributed by atoms with Gasteiger partial charge in [-0.15, -0.1) is 0 Å². The van der Waals surface area contributed by atoms with Crippen LogP contribution in [0.3, 0.4) is 0 Å². The fourth-order valence-electron chi connectivity index (χ4n) is 4.78. The maximum absolute atomic E-state index is 5.75. The molecule has 0 amide bonds. The van der Waals surface area contributed by atoms with Crippen molar-refractivity contribution in [1.82, 2.24) is 14.9 Å². The molecule has 5 heteroatoms. The molecule has 0 fully saturated rings. The Kier molecular flexibility index (Phi) is 16.0. The van der Waals surface area contributed by atoms with Gasteiger partial charge in [0.15, 0.2) is 0 Å². The Bertz CT molecular complexity index is 927. The van der Waals surface area contributed by atoms with E-state index in [1.54, 1.807) is 7.11 Å². The number of ether oxygens (including phenoxy) is 1. The molecule has 194 valence electrons. The summed E-state index contributed by atoms with van der Waals surface area (Å²) in [6.07, 6.45) is 18.6. The molecule has 0 aliphatic heterocycles. The summed E-state index contributed by atoms with van der Waals surface area (Å²) in [6.45, 7) is 4.61. The number of nitrogens with zero attached hydrogens (tertiary/aromatic N) is 3. The van der Waals surface area contributed by atoms with Crippen LogP contribution in [0.1, 0.15) is 93.6 Å². The van der Waals surface area contributed by atoms with Crippen molar-refractivity contribution in [1.29, 1.82) is 0 Å². The van der Waals surface area contributed by atoms with Gasteiger partial charge in [-0.05, 0) is 48.7 Å². The van der Waals surface area contributed by atoms with Gasteiger partial charge in [-0.1, -0.05) is 89.0 Å². The van der Waals surface area contributed by atoms with Crippen LogP contribution >= 0.6 is 0 Å². The monoisotopic (exact) mass is 551 g/mol. The first-order chi connectivity index (χ1) is 17.8. The van der Waals surface area contributed by atoms with Gasteiger partial charge in [-0.3, -0.25) is 14.9 Å². The molecule has 0 spiro atoms. The molecule has 37 heavy (non-hydrogen) atoms. The van der Waals surface area contributed by atoms with E-state index < -0.39 is 0 Å². The quantitative estimate of drug-likeness (QED) is 0.118. The van der Waals surface area contributed by atoms with Crippen molar-refractivity contribution in [2.75, 3.05) is 7.11 Å². The van der Waals surface area contributed by atoms with Crippen molar-refractivity contribution in [3.8, 4) is 5.75 Å². The predicted octanol–water partition coefficient (Wildman–Crippen LogP) is 8.15. The third kappa shape index (κ3) is 12.3. The molecule has 1 aromatic carbocycles. The molecule has 0 radical (unpaired) electrons. The average Bonchev–Trinajstić information content (AvgIpc) is 2.91. The van der Waals surface area contributed by atoms with Gasteiger partial charge in [0.25, 0.3) is 0 Å². The first-order valence-electron chi connectivity index (χ1n) is 14.0. The third-order valence-corrected chi connectivity index (χ3v) is 6.78. The molecule has 0 unspecified atom stereocenters. The second-order valence-electron chi connectivity index (χ2n) is 9.87. The predicted molar refractivity (Wildman–Crippen MR) is 150 cm³/mol. The maximum Gasteiger partial charge on any atom is 2.00 e. The van der Waals surface area contributed by atoms with Crippen molar-refractivity contribution in [2.45, 2.75) is 97.2 Å². The van der Waals surface area contributed by atoms with Crippen molar-refractivity contribution in [2.24, 2.45) is 0 Å². The summed E-state index contributed by atoms with van der Waals surface area (Å²) in [4.78, 5) is 11.5. The summed E-state index contributed by atoms with van der Waals surface area (Å²) in [5, 5.41) is 0. The van der Waals surface area contributed by atoms with Crippen molar-refractivity contribution in [3.05, 3.63) is 89.5 Å². The summed E-state index contributed by atoms with van der Waals surface area (Å²) < 4.78 is 5.75. The number of pyridine rings is 2. The van der Waals surface area contributed by atoms with Crippen LogP contribution in [0.15, 0.2) is 67.0 Å². The van der Waals surface area contributed by atoms with E-state index in [1.807, 2.05) is 24.5 Å². The Morgan fingerprint density at radius 2 is 1.24 bits per heavy atom. The van der Waals surface area contributed by atoms with E-state index in [2.05, 4.69) is 64.3 Å². The van der Waals surface area contributed by atoms with Crippen LogP contribution in [0.5, 0.6) is 5.75 Å². The Hall–Kier alpha value is -2.10. The number of hydrogen-bond donors (Lipinski definition) is 0. The molecule has 3 aromatic rings. The topological polar surface area (TPSA) is 38.2 Å². The van der Waals surface area contributed by atoms with E-state index in [4.69, 9.17) is 4.74 Å². The average molecular weight is 553 g/mol. The molecule has 2 aromatic heterocycles. The number of unbranched alkanes of at least 4 members (excludes halogenated alkanes) is 9. The van der Waals surface area contributed by atoms with E-state index in [1.165, 1.54) is 75.3 Å². The molecule has 0 atom stereocenters. The van der Waals surface area contributed by atoms with Gasteiger partial charge in [0.1, 0.15) is 5.75 Å². The number of aromatic nitrogens is 2. The Morgan fingerprint density at radius 1 is 0.676 bits per heavy atom. The zero-order chi connectivity index (χ0) is 25.3. The second-order valence-corrected chi connectivity index (χ2v) is 9.87. The number of benzene rings is 1. The maximum atomic E-state index is 5.75. The van der Waals surface area contributed by atoms with Gasteiger partial charge in [0.2, 0.25) is 0 Å². The molecule has 0 bridgehead atoms. The van der Waals surface area contributed by atoms with Crippen LogP contribution in [0.2, 0.25) is 0 Å². The molecule has 0 N–H and O–H groups in total. The smallest absolute Gasteiger partial charge is 0.496 e. The molecular formula is C32H45N3OZn+2. The molecule has 0 aliphatic carbocycles. The van der Waals surface area contributed by atoms with Gasteiger partial charge in [0, 0.05) is 37.6 Å². The van der Waals surface area contributed by atoms with Crippen LogP contribution in [0.25, 0.3) is 0 Å². The summed E-state index contributed by atoms with van der Waals surface area (Å²) in [5.74, 6) is 0.953. The van der Waals surface area contributed by atoms with Crippen molar-refractivity contribution >= 4 is 0 Å². The standard InChI is InChI=1S/C32H45N3O.Zn/c1-3-4-5-6-7-8-9-10-11-12-17-28-20-21-32(36-2)29(24-28)25-35(26-30-18-13-15-22-33-30)27-31-19-14-16-23-34-31;/h13-16,18-24H,3-12,17,25-27H2,1-2H3;/q;+2. The molecule has 4 nitrogen and oxygen atoms in total. The van der Waals surface area contributed by atoms with Crippen molar-refractivity contribution < 1.29 is 24.2 Å². The first kappa shape index (κ1) is 31.1. The summed E-state index contributed by atoms with van der Waals surface area (Å²) in [5.41, 5.74) is 4.76. The zero-order valence-corrected chi connectivity index (χ0v) is 26.2. The minimum Gasteiger partial charge on any atom is -0.496 e. The summed E-state index contributed by atoms with van der Waals surface area (Å²) in [7, 11) is 1.77. The van der Waals surface area contributed by atoms with Crippen molar-refractivity contribution in [3.63, 3.8) is 0 Å². The van der Waals surface area contributed by atoms with E-state index in [0.29, 0.717) is 0 Å². The van der Waals surface area contributed by atoms with Gasteiger partial charge < -0.3 is 4.74 Å². The molecular weight excluding hydrogens is 508 g/mol.